The highest BCUT2D eigenvalue weighted by Gasteiger charge is 2.23. The lowest BCUT2D eigenvalue weighted by atomic mass is 10.0. The minimum absolute atomic E-state index is 0. The number of sulfonamides is 1. The van der Waals surface area contributed by atoms with Crippen LogP contribution in [0.1, 0.15) is 28.8 Å². The van der Waals surface area contributed by atoms with Crippen LogP contribution in [-0.4, -0.2) is 38.4 Å². The van der Waals surface area contributed by atoms with Gasteiger partial charge < -0.3 is 10.6 Å². The Bertz CT molecular complexity index is 893. The maximum absolute atomic E-state index is 12.7. The minimum Gasteiger partial charge on any atom is -0.339 e. The van der Waals surface area contributed by atoms with Gasteiger partial charge in [-0.2, -0.15) is 0 Å². The number of piperidine rings is 1. The number of hydrogen-bond donors (Lipinski definition) is 2. The summed E-state index contributed by atoms with van der Waals surface area (Å²) in [6.45, 7) is 3.12. The Morgan fingerprint density at radius 2 is 1.74 bits per heavy atom. The van der Waals surface area contributed by atoms with E-state index in [0.717, 1.165) is 18.4 Å². The van der Waals surface area contributed by atoms with Crippen LogP contribution >= 0.6 is 12.4 Å². The highest BCUT2D eigenvalue weighted by atomic mass is 35.5. The van der Waals surface area contributed by atoms with Crippen LogP contribution in [0.2, 0.25) is 0 Å². The van der Waals surface area contributed by atoms with Gasteiger partial charge in [0.05, 0.1) is 4.90 Å². The SMILES string of the molecule is Cc1ccc(NS(=O)(=O)c2cccc(C(=O)N3CCC(N)CC3)c2)cc1.Cl. The fourth-order valence-electron chi connectivity index (χ4n) is 2.92. The van der Waals surface area contributed by atoms with Crippen molar-refractivity contribution < 1.29 is 13.2 Å². The zero-order valence-corrected chi connectivity index (χ0v) is 16.7. The number of nitrogens with two attached hydrogens (primary N) is 1. The molecule has 1 saturated heterocycles. The van der Waals surface area contributed by atoms with Crippen LogP contribution in [0.25, 0.3) is 0 Å². The molecule has 8 heteroatoms. The van der Waals surface area contributed by atoms with Gasteiger partial charge in [-0.25, -0.2) is 8.42 Å². The van der Waals surface area contributed by atoms with Gasteiger partial charge in [0.2, 0.25) is 0 Å². The molecule has 0 saturated carbocycles. The minimum atomic E-state index is -3.76. The average molecular weight is 410 g/mol. The molecule has 6 nitrogen and oxygen atoms in total. The number of anilines is 1. The van der Waals surface area contributed by atoms with E-state index in [4.69, 9.17) is 5.73 Å². The Labute approximate surface area is 166 Å². The third-order valence-electron chi connectivity index (χ3n) is 4.52. The van der Waals surface area contributed by atoms with Crippen LogP contribution in [0, 0.1) is 6.92 Å². The summed E-state index contributed by atoms with van der Waals surface area (Å²) >= 11 is 0. The number of halogens is 1. The van der Waals surface area contributed by atoms with Crippen LogP contribution < -0.4 is 10.5 Å². The van der Waals surface area contributed by atoms with Crippen LogP contribution in [0.5, 0.6) is 0 Å². The van der Waals surface area contributed by atoms with Crippen molar-refractivity contribution in [3.63, 3.8) is 0 Å². The zero-order chi connectivity index (χ0) is 18.7. The molecule has 3 rings (SSSR count). The van der Waals surface area contributed by atoms with E-state index in [0.29, 0.717) is 24.3 Å². The largest absolute Gasteiger partial charge is 0.339 e. The highest BCUT2D eigenvalue weighted by Crippen LogP contribution is 2.19. The normalized spacial score (nSPS) is 15.1. The summed E-state index contributed by atoms with van der Waals surface area (Å²) in [5.74, 6) is -0.163. The van der Waals surface area contributed by atoms with Crippen molar-refractivity contribution in [2.75, 3.05) is 17.8 Å². The highest BCUT2D eigenvalue weighted by molar-refractivity contribution is 7.92. The van der Waals surface area contributed by atoms with Crippen molar-refractivity contribution in [3.8, 4) is 0 Å². The summed E-state index contributed by atoms with van der Waals surface area (Å²) in [5.41, 5.74) is 7.77. The van der Waals surface area contributed by atoms with E-state index in [1.807, 2.05) is 19.1 Å². The molecule has 0 unspecified atom stereocenters. The summed E-state index contributed by atoms with van der Waals surface area (Å²) < 4.78 is 27.8. The van der Waals surface area contributed by atoms with Gasteiger partial charge in [0.15, 0.2) is 0 Å². The van der Waals surface area contributed by atoms with E-state index in [1.165, 1.54) is 12.1 Å². The Hall–Kier alpha value is -2.09. The maximum Gasteiger partial charge on any atom is 0.261 e. The van der Waals surface area contributed by atoms with Gasteiger partial charge in [-0.15, -0.1) is 12.4 Å². The van der Waals surface area contributed by atoms with Crippen molar-refractivity contribution in [1.29, 1.82) is 0 Å². The second-order valence-corrected chi connectivity index (χ2v) is 8.31. The molecule has 1 heterocycles. The quantitative estimate of drug-likeness (QED) is 0.812. The molecule has 3 N–H and O–H groups in total. The van der Waals surface area contributed by atoms with Gasteiger partial charge in [0, 0.05) is 30.4 Å². The van der Waals surface area contributed by atoms with Gasteiger partial charge >= 0.3 is 0 Å². The molecular formula is C19H24ClN3O3S. The number of carbonyl (C=O) groups excluding carboxylic acids is 1. The van der Waals surface area contributed by atoms with Crippen molar-refractivity contribution in [2.24, 2.45) is 5.73 Å². The number of benzene rings is 2. The lowest BCUT2D eigenvalue weighted by Crippen LogP contribution is -2.42. The number of likely N-dealkylation sites (tertiary alicyclic amines) is 1. The van der Waals surface area contributed by atoms with Crippen molar-refractivity contribution in [2.45, 2.75) is 30.7 Å². The van der Waals surface area contributed by atoms with Crippen LogP contribution in [0.15, 0.2) is 53.4 Å². The van der Waals surface area contributed by atoms with E-state index >= 15 is 0 Å². The van der Waals surface area contributed by atoms with Crippen LogP contribution in [-0.2, 0) is 10.0 Å². The fraction of sp³-hybridized carbons (Fsp3) is 0.316. The van der Waals surface area contributed by atoms with Gasteiger partial charge in [-0.3, -0.25) is 9.52 Å². The molecule has 0 atom stereocenters. The lowest BCUT2D eigenvalue weighted by Gasteiger charge is -2.30. The Morgan fingerprint density at radius 3 is 2.37 bits per heavy atom. The molecule has 1 aliphatic heterocycles. The molecule has 0 aliphatic carbocycles. The summed E-state index contributed by atoms with van der Waals surface area (Å²) in [5, 5.41) is 0. The number of aryl methyl sites for hydroxylation is 1. The summed E-state index contributed by atoms with van der Waals surface area (Å²) in [4.78, 5) is 14.4. The molecule has 0 bridgehead atoms. The topological polar surface area (TPSA) is 92.5 Å². The van der Waals surface area contributed by atoms with E-state index < -0.39 is 10.0 Å². The number of carbonyl (C=O) groups is 1. The first-order valence-electron chi connectivity index (χ1n) is 8.59. The summed E-state index contributed by atoms with van der Waals surface area (Å²) in [7, 11) is -3.76. The summed E-state index contributed by atoms with van der Waals surface area (Å²) in [6.07, 6.45) is 1.53. The molecule has 1 fully saturated rings. The number of amides is 1. The van der Waals surface area contributed by atoms with Crippen LogP contribution in [0.3, 0.4) is 0 Å². The molecular weight excluding hydrogens is 386 g/mol. The number of hydrogen-bond acceptors (Lipinski definition) is 4. The number of rotatable bonds is 4. The smallest absolute Gasteiger partial charge is 0.261 e. The first-order valence-corrected chi connectivity index (χ1v) is 10.1. The molecule has 0 radical (unpaired) electrons. The first-order chi connectivity index (χ1) is 12.3. The van der Waals surface area contributed by atoms with E-state index in [1.54, 1.807) is 29.2 Å². The van der Waals surface area contributed by atoms with Crippen molar-refractivity contribution in [3.05, 3.63) is 59.7 Å². The monoisotopic (exact) mass is 409 g/mol. The molecule has 27 heavy (non-hydrogen) atoms. The second-order valence-electron chi connectivity index (χ2n) is 6.63. The van der Waals surface area contributed by atoms with Crippen molar-refractivity contribution in [1.82, 2.24) is 4.90 Å². The van der Waals surface area contributed by atoms with Crippen LogP contribution in [0.4, 0.5) is 5.69 Å². The third kappa shape index (κ3) is 5.22. The van der Waals surface area contributed by atoms with Gasteiger partial charge in [0.25, 0.3) is 15.9 Å². The van der Waals surface area contributed by atoms with Gasteiger partial charge in [0.1, 0.15) is 0 Å². The second kappa shape index (κ2) is 8.73. The third-order valence-corrected chi connectivity index (χ3v) is 5.90. The Kier molecular flexibility index (Phi) is 6.86. The molecule has 0 spiro atoms. The molecule has 2 aromatic rings. The van der Waals surface area contributed by atoms with Gasteiger partial charge in [-0.05, 0) is 50.1 Å². The van der Waals surface area contributed by atoms with E-state index in [2.05, 4.69) is 4.72 Å². The standard InChI is InChI=1S/C19H23N3O3S.ClH/c1-14-5-7-17(8-6-14)21-26(24,25)18-4-2-3-15(13-18)19(23)22-11-9-16(20)10-12-22;/h2-8,13,16,21H,9-12,20H2,1H3;1H. The van der Waals surface area contributed by atoms with Gasteiger partial charge in [-0.1, -0.05) is 23.8 Å². The molecule has 146 valence electrons. The fourth-order valence-corrected chi connectivity index (χ4v) is 4.02. The van der Waals surface area contributed by atoms with E-state index in [9.17, 15) is 13.2 Å². The summed E-state index contributed by atoms with van der Waals surface area (Å²) in [6, 6.07) is 13.3. The Balaban J connectivity index is 0.00000261. The predicted molar refractivity (Wildman–Crippen MR) is 109 cm³/mol. The van der Waals surface area contributed by atoms with E-state index in [-0.39, 0.29) is 29.3 Å². The molecule has 1 amide bonds. The molecule has 2 aromatic carbocycles. The average Bonchev–Trinajstić information content (AvgIpc) is 2.64. The first kappa shape index (κ1) is 21.2. The molecule has 1 aliphatic rings. The Morgan fingerprint density at radius 1 is 1.11 bits per heavy atom. The lowest BCUT2D eigenvalue weighted by molar-refractivity contribution is 0.0714. The predicted octanol–water partition coefficient (Wildman–Crippen LogP) is 2.78. The molecule has 0 aromatic heterocycles. The number of nitrogens with one attached hydrogen (secondary N) is 1. The number of nitrogens with zero attached hydrogens (tertiary/aromatic N) is 1. The van der Waals surface area contributed by atoms with Crippen molar-refractivity contribution >= 4 is 34.0 Å². The zero-order valence-electron chi connectivity index (χ0n) is 15.1. The maximum atomic E-state index is 12.7.